The summed E-state index contributed by atoms with van der Waals surface area (Å²) in [5.74, 6) is 0.728. The van der Waals surface area contributed by atoms with Crippen LogP contribution in [0.3, 0.4) is 0 Å². The zero-order chi connectivity index (χ0) is 21.9. The van der Waals surface area contributed by atoms with E-state index in [-0.39, 0.29) is 5.56 Å². The molecule has 0 bridgehead atoms. The lowest BCUT2D eigenvalue weighted by molar-refractivity contribution is 0.147. The number of pyridine rings is 1. The van der Waals surface area contributed by atoms with Crippen LogP contribution >= 0.6 is 0 Å². The quantitative estimate of drug-likeness (QED) is 0.755. The molecular weight excluding hydrogens is 400 g/mol. The summed E-state index contributed by atoms with van der Waals surface area (Å²) in [5, 5.41) is 17.8. The first-order chi connectivity index (χ1) is 15.7. The maximum atomic E-state index is 12.6. The summed E-state index contributed by atoms with van der Waals surface area (Å²) in [6.45, 7) is 3.26. The third-order valence-corrected chi connectivity index (χ3v) is 7.30. The van der Waals surface area contributed by atoms with E-state index in [4.69, 9.17) is 4.98 Å². The Morgan fingerprint density at radius 1 is 1.00 bits per heavy atom. The van der Waals surface area contributed by atoms with Gasteiger partial charge in [0.05, 0.1) is 17.8 Å². The largest absolute Gasteiger partial charge is 0.367 e. The zero-order valence-electron chi connectivity index (χ0n) is 18.8. The van der Waals surface area contributed by atoms with Gasteiger partial charge in [-0.1, -0.05) is 6.42 Å². The number of aryl methyl sites for hydroxylation is 4. The molecule has 1 aliphatic heterocycles. The van der Waals surface area contributed by atoms with Gasteiger partial charge in [0.2, 0.25) is 0 Å². The number of rotatable bonds is 6. The maximum Gasteiger partial charge on any atom is 0.267 e. The maximum absolute atomic E-state index is 12.6. The molecule has 0 aromatic carbocycles. The van der Waals surface area contributed by atoms with Crippen LogP contribution in [0.1, 0.15) is 66.6 Å². The van der Waals surface area contributed by atoms with E-state index in [9.17, 15) is 10.1 Å². The van der Waals surface area contributed by atoms with Crippen LogP contribution < -0.4 is 10.9 Å². The molecule has 7 nitrogen and oxygen atoms in total. The molecule has 1 atom stereocenters. The number of nitrogens with one attached hydrogen (secondary N) is 1. The van der Waals surface area contributed by atoms with Crippen LogP contribution in [0.5, 0.6) is 0 Å². The third-order valence-electron chi connectivity index (χ3n) is 7.30. The molecule has 0 amide bonds. The van der Waals surface area contributed by atoms with Crippen molar-refractivity contribution in [3.63, 3.8) is 0 Å². The van der Waals surface area contributed by atoms with Crippen molar-refractivity contribution in [2.24, 2.45) is 0 Å². The first-order valence-corrected chi connectivity index (χ1v) is 12.2. The van der Waals surface area contributed by atoms with Crippen LogP contribution in [0.4, 0.5) is 5.82 Å². The fourth-order valence-electron chi connectivity index (χ4n) is 5.48. The molecule has 1 fully saturated rings. The molecule has 1 unspecified atom stereocenters. The number of anilines is 1. The van der Waals surface area contributed by atoms with E-state index < -0.39 is 0 Å². The van der Waals surface area contributed by atoms with Gasteiger partial charge in [-0.05, 0) is 81.5 Å². The van der Waals surface area contributed by atoms with Crippen molar-refractivity contribution in [2.45, 2.75) is 76.8 Å². The van der Waals surface area contributed by atoms with Crippen LogP contribution in [-0.4, -0.2) is 45.3 Å². The van der Waals surface area contributed by atoms with Crippen molar-refractivity contribution in [1.29, 1.82) is 5.26 Å². The van der Waals surface area contributed by atoms with Crippen molar-refractivity contribution in [1.82, 2.24) is 19.7 Å². The van der Waals surface area contributed by atoms with E-state index in [0.29, 0.717) is 18.2 Å². The fraction of sp³-hybridized carbons (Fsp3) is 0.600. The van der Waals surface area contributed by atoms with Gasteiger partial charge in [-0.15, -0.1) is 0 Å². The van der Waals surface area contributed by atoms with Crippen LogP contribution in [0, 0.1) is 11.3 Å². The average molecular weight is 433 g/mol. The Morgan fingerprint density at radius 2 is 1.81 bits per heavy atom. The monoisotopic (exact) mass is 432 g/mol. The SMILES string of the molecule is N#Cc1cc2c(nc1NCC1CCCCN1CCn1nc3c(cc1=O)CCCC3)CCC2. The summed E-state index contributed by atoms with van der Waals surface area (Å²) >= 11 is 0. The summed E-state index contributed by atoms with van der Waals surface area (Å²) in [4.78, 5) is 19.8. The van der Waals surface area contributed by atoms with Crippen LogP contribution in [0.15, 0.2) is 16.9 Å². The molecule has 3 heterocycles. The molecule has 2 aromatic rings. The number of likely N-dealkylation sites (tertiary alicyclic amines) is 1. The van der Waals surface area contributed by atoms with Gasteiger partial charge in [-0.25, -0.2) is 9.67 Å². The summed E-state index contributed by atoms with van der Waals surface area (Å²) in [5.41, 5.74) is 5.31. The normalized spacial score (nSPS) is 20.4. The van der Waals surface area contributed by atoms with Gasteiger partial charge < -0.3 is 5.32 Å². The molecule has 168 valence electrons. The summed E-state index contributed by atoms with van der Waals surface area (Å²) < 4.78 is 1.67. The van der Waals surface area contributed by atoms with Gasteiger partial charge in [-0.2, -0.15) is 10.4 Å². The van der Waals surface area contributed by atoms with E-state index in [2.05, 4.69) is 21.4 Å². The lowest BCUT2D eigenvalue weighted by atomic mass is 9.97. The molecule has 0 radical (unpaired) electrons. The first-order valence-electron chi connectivity index (χ1n) is 12.2. The Balaban J connectivity index is 1.24. The van der Waals surface area contributed by atoms with Crippen LogP contribution in [0.2, 0.25) is 0 Å². The Bertz CT molecular complexity index is 1090. The Hall–Kier alpha value is -2.72. The minimum Gasteiger partial charge on any atom is -0.367 e. The van der Waals surface area contributed by atoms with Gasteiger partial charge in [0.1, 0.15) is 11.9 Å². The number of aromatic nitrogens is 3. The topological polar surface area (TPSA) is 86.8 Å². The molecule has 2 aromatic heterocycles. The summed E-state index contributed by atoms with van der Waals surface area (Å²) in [6, 6.07) is 6.51. The highest BCUT2D eigenvalue weighted by atomic mass is 16.1. The molecule has 2 aliphatic carbocycles. The molecule has 0 spiro atoms. The van der Waals surface area contributed by atoms with Crippen molar-refractivity contribution in [2.75, 3.05) is 25.0 Å². The predicted octanol–water partition coefficient (Wildman–Crippen LogP) is 2.84. The van der Waals surface area contributed by atoms with E-state index in [1.54, 1.807) is 10.7 Å². The molecule has 3 aliphatic rings. The molecule has 1 N–H and O–H groups in total. The number of fused-ring (bicyclic) bond motifs is 2. The lowest BCUT2D eigenvalue weighted by Crippen LogP contribution is -2.46. The number of hydrogen-bond donors (Lipinski definition) is 1. The third kappa shape index (κ3) is 4.42. The van der Waals surface area contributed by atoms with Crippen molar-refractivity contribution in [3.05, 3.63) is 50.6 Å². The molecule has 32 heavy (non-hydrogen) atoms. The minimum absolute atomic E-state index is 0.0262. The number of nitriles is 1. The van der Waals surface area contributed by atoms with E-state index in [0.717, 1.165) is 87.3 Å². The Morgan fingerprint density at radius 3 is 2.72 bits per heavy atom. The number of nitrogens with zero attached hydrogens (tertiary/aromatic N) is 5. The molecule has 5 rings (SSSR count). The number of piperidine rings is 1. The zero-order valence-corrected chi connectivity index (χ0v) is 18.8. The second-order valence-corrected chi connectivity index (χ2v) is 9.41. The van der Waals surface area contributed by atoms with Crippen LogP contribution in [0.25, 0.3) is 0 Å². The van der Waals surface area contributed by atoms with Gasteiger partial charge in [0.15, 0.2) is 0 Å². The van der Waals surface area contributed by atoms with Gasteiger partial charge in [-0.3, -0.25) is 9.69 Å². The lowest BCUT2D eigenvalue weighted by Gasteiger charge is -2.36. The van der Waals surface area contributed by atoms with E-state index in [1.807, 2.05) is 6.07 Å². The molecule has 0 saturated carbocycles. The van der Waals surface area contributed by atoms with Gasteiger partial charge >= 0.3 is 0 Å². The smallest absolute Gasteiger partial charge is 0.267 e. The number of hydrogen-bond acceptors (Lipinski definition) is 6. The second-order valence-electron chi connectivity index (χ2n) is 9.41. The van der Waals surface area contributed by atoms with E-state index >= 15 is 0 Å². The van der Waals surface area contributed by atoms with Gasteiger partial charge in [0.25, 0.3) is 5.56 Å². The highest BCUT2D eigenvalue weighted by Crippen LogP contribution is 2.26. The Kier molecular flexibility index (Phi) is 6.22. The van der Waals surface area contributed by atoms with Crippen LogP contribution in [-0.2, 0) is 32.2 Å². The molecular formula is C25H32N6O. The van der Waals surface area contributed by atoms with Crippen molar-refractivity contribution in [3.8, 4) is 6.07 Å². The molecule has 1 saturated heterocycles. The van der Waals surface area contributed by atoms with E-state index in [1.165, 1.54) is 24.8 Å². The van der Waals surface area contributed by atoms with Crippen molar-refractivity contribution < 1.29 is 0 Å². The summed E-state index contributed by atoms with van der Waals surface area (Å²) in [7, 11) is 0. The van der Waals surface area contributed by atoms with Crippen molar-refractivity contribution >= 4 is 5.82 Å². The molecule has 7 heteroatoms. The first kappa shape index (κ1) is 21.1. The summed E-state index contributed by atoms with van der Waals surface area (Å²) in [6.07, 6.45) is 11.0. The fourth-order valence-corrected chi connectivity index (χ4v) is 5.48. The van der Waals surface area contributed by atoms with Gasteiger partial charge in [0, 0.05) is 30.9 Å². The minimum atomic E-state index is 0.0262. The standard InChI is InChI=1S/C25H32N6O/c26-16-20-14-18-7-5-10-22(18)28-25(20)27-17-21-8-3-4-11-30(21)12-13-31-24(32)15-19-6-1-2-9-23(19)29-31/h14-15,21H,1-13,17H2,(H,27,28). The highest BCUT2D eigenvalue weighted by Gasteiger charge is 2.24. The predicted molar refractivity (Wildman–Crippen MR) is 124 cm³/mol. The highest BCUT2D eigenvalue weighted by molar-refractivity contribution is 5.55. The average Bonchev–Trinajstić information content (AvgIpc) is 3.28. The Labute approximate surface area is 189 Å². The second kappa shape index (κ2) is 9.41.